The minimum absolute atomic E-state index is 0.106. The highest BCUT2D eigenvalue weighted by atomic mass is 16.5. The van der Waals surface area contributed by atoms with Crippen LogP contribution in [0.2, 0.25) is 0 Å². The zero-order valence-corrected chi connectivity index (χ0v) is 15.1. The van der Waals surface area contributed by atoms with Crippen molar-refractivity contribution in [2.24, 2.45) is 5.92 Å². The number of carbonyl (C=O) groups excluding carboxylic acids is 1. The lowest BCUT2D eigenvalue weighted by atomic mass is 10.2. The maximum absolute atomic E-state index is 11.9. The Morgan fingerprint density at radius 2 is 1.81 bits per heavy atom. The molecule has 1 fully saturated rings. The molecule has 0 unspecified atom stereocenters. The summed E-state index contributed by atoms with van der Waals surface area (Å²) >= 11 is 0. The molecule has 1 N–H and O–H groups in total. The van der Waals surface area contributed by atoms with Gasteiger partial charge in [-0.2, -0.15) is 0 Å². The molecule has 0 heterocycles. The predicted molar refractivity (Wildman–Crippen MR) is 100 cm³/mol. The first-order valence-electron chi connectivity index (χ1n) is 8.90. The number of hydrogen-bond donors (Lipinski definition) is 1. The molecule has 2 aromatic rings. The number of methoxy groups -OCH3 is 1. The van der Waals surface area contributed by atoms with Crippen molar-refractivity contribution in [2.75, 3.05) is 25.6 Å². The quantitative estimate of drug-likeness (QED) is 0.705. The van der Waals surface area contributed by atoms with E-state index in [0.29, 0.717) is 25.7 Å². The Morgan fingerprint density at radius 3 is 2.54 bits per heavy atom. The summed E-state index contributed by atoms with van der Waals surface area (Å²) in [5.41, 5.74) is 2.86. The second-order valence-corrected chi connectivity index (χ2v) is 6.55. The van der Waals surface area contributed by atoms with Gasteiger partial charge >= 0.3 is 0 Å². The number of ether oxygens (including phenoxy) is 3. The molecule has 0 spiro atoms. The number of anilines is 1. The number of rotatable bonds is 10. The van der Waals surface area contributed by atoms with E-state index in [9.17, 15) is 4.79 Å². The van der Waals surface area contributed by atoms with Crippen LogP contribution in [0, 0.1) is 5.92 Å². The molecule has 1 aliphatic carbocycles. The van der Waals surface area contributed by atoms with Crippen molar-refractivity contribution >= 4 is 11.6 Å². The van der Waals surface area contributed by atoms with Gasteiger partial charge in [-0.15, -0.1) is 0 Å². The molecule has 1 saturated carbocycles. The van der Waals surface area contributed by atoms with Gasteiger partial charge in [-0.1, -0.05) is 24.3 Å². The van der Waals surface area contributed by atoms with E-state index in [1.807, 2.05) is 48.5 Å². The highest BCUT2D eigenvalue weighted by Crippen LogP contribution is 2.28. The molecule has 0 atom stereocenters. The lowest BCUT2D eigenvalue weighted by Crippen LogP contribution is -2.19. The summed E-state index contributed by atoms with van der Waals surface area (Å²) in [6.45, 7) is 1.80. The fourth-order valence-electron chi connectivity index (χ4n) is 2.55. The van der Waals surface area contributed by atoms with E-state index in [4.69, 9.17) is 14.2 Å². The van der Waals surface area contributed by atoms with Crippen LogP contribution in [0.3, 0.4) is 0 Å². The Kier molecular flexibility index (Phi) is 6.63. The van der Waals surface area contributed by atoms with Crippen LogP contribution in [-0.4, -0.2) is 26.2 Å². The van der Waals surface area contributed by atoms with Crippen LogP contribution in [-0.2, 0) is 27.5 Å². The van der Waals surface area contributed by atoms with Crippen LogP contribution < -0.4 is 10.1 Å². The van der Waals surface area contributed by atoms with Crippen LogP contribution in [0.1, 0.15) is 24.0 Å². The third kappa shape index (κ3) is 6.17. The maximum Gasteiger partial charge on any atom is 0.250 e. The molecule has 138 valence electrons. The Hall–Kier alpha value is -2.37. The molecule has 3 rings (SSSR count). The molecule has 26 heavy (non-hydrogen) atoms. The van der Waals surface area contributed by atoms with E-state index in [1.54, 1.807) is 7.11 Å². The van der Waals surface area contributed by atoms with Crippen LogP contribution in [0.5, 0.6) is 5.75 Å². The monoisotopic (exact) mass is 355 g/mol. The van der Waals surface area contributed by atoms with Gasteiger partial charge in [-0.25, -0.2) is 0 Å². The topological polar surface area (TPSA) is 56.8 Å². The maximum atomic E-state index is 11.9. The Labute approximate surface area is 154 Å². The number of carbonyl (C=O) groups is 1. The average molecular weight is 355 g/mol. The molecular weight excluding hydrogens is 330 g/mol. The predicted octanol–water partition coefficient (Wildman–Crippen LogP) is 3.78. The van der Waals surface area contributed by atoms with Crippen molar-refractivity contribution in [1.29, 1.82) is 0 Å². The molecule has 0 aromatic heterocycles. The smallest absolute Gasteiger partial charge is 0.250 e. The fraction of sp³-hybridized carbons (Fsp3) is 0.381. The van der Waals surface area contributed by atoms with Gasteiger partial charge in [-0.05, 0) is 54.2 Å². The van der Waals surface area contributed by atoms with Gasteiger partial charge in [0.15, 0.2) is 0 Å². The molecule has 1 amide bonds. The summed E-state index contributed by atoms with van der Waals surface area (Å²) in [6, 6.07) is 15.5. The van der Waals surface area contributed by atoms with Gasteiger partial charge in [-0.3, -0.25) is 4.79 Å². The molecule has 5 nitrogen and oxygen atoms in total. The Balaban J connectivity index is 1.41. The first-order valence-corrected chi connectivity index (χ1v) is 8.90. The summed E-state index contributed by atoms with van der Waals surface area (Å²) in [5, 5.41) is 2.86. The second kappa shape index (κ2) is 9.36. The summed E-state index contributed by atoms with van der Waals surface area (Å²) in [6.07, 6.45) is 2.44. The second-order valence-electron chi connectivity index (χ2n) is 6.55. The third-order valence-electron chi connectivity index (χ3n) is 4.19. The van der Waals surface area contributed by atoms with Crippen LogP contribution in [0.25, 0.3) is 0 Å². The standard InChI is InChI=1S/C21H25NO4/c1-24-20-9-7-17(8-10-20)12-25-14-18-3-2-4-19(11-18)22-21(23)15-26-13-16-5-6-16/h2-4,7-11,16H,5-6,12-15H2,1H3,(H,22,23). The Morgan fingerprint density at radius 1 is 1.04 bits per heavy atom. The van der Waals surface area contributed by atoms with Gasteiger partial charge in [0, 0.05) is 5.69 Å². The summed E-state index contributed by atoms with van der Waals surface area (Å²) in [7, 11) is 1.65. The largest absolute Gasteiger partial charge is 0.497 e. The van der Waals surface area contributed by atoms with Gasteiger partial charge in [0.2, 0.25) is 5.91 Å². The summed E-state index contributed by atoms with van der Waals surface area (Å²) in [5.74, 6) is 1.37. The van der Waals surface area contributed by atoms with Gasteiger partial charge in [0.1, 0.15) is 12.4 Å². The first kappa shape index (κ1) is 18.4. The molecule has 1 aliphatic rings. The van der Waals surface area contributed by atoms with Crippen molar-refractivity contribution < 1.29 is 19.0 Å². The SMILES string of the molecule is COc1ccc(COCc2cccc(NC(=O)COCC3CC3)c2)cc1. The summed E-state index contributed by atoms with van der Waals surface area (Å²) < 4.78 is 16.3. The summed E-state index contributed by atoms with van der Waals surface area (Å²) in [4.78, 5) is 11.9. The van der Waals surface area contributed by atoms with E-state index in [2.05, 4.69) is 5.32 Å². The van der Waals surface area contributed by atoms with Gasteiger partial charge in [0.05, 0.1) is 26.9 Å². The lowest BCUT2D eigenvalue weighted by Gasteiger charge is -2.09. The molecule has 2 aromatic carbocycles. The van der Waals surface area contributed by atoms with Gasteiger partial charge in [0.25, 0.3) is 0 Å². The minimum atomic E-state index is -0.123. The van der Waals surface area contributed by atoms with E-state index in [0.717, 1.165) is 22.6 Å². The van der Waals surface area contributed by atoms with E-state index in [1.165, 1.54) is 12.8 Å². The molecule has 0 radical (unpaired) electrons. The lowest BCUT2D eigenvalue weighted by molar-refractivity contribution is -0.120. The molecule has 0 aliphatic heterocycles. The van der Waals surface area contributed by atoms with Crippen molar-refractivity contribution in [1.82, 2.24) is 0 Å². The van der Waals surface area contributed by atoms with Crippen molar-refractivity contribution in [3.8, 4) is 5.75 Å². The molecule has 0 saturated heterocycles. The van der Waals surface area contributed by atoms with E-state index < -0.39 is 0 Å². The van der Waals surface area contributed by atoms with E-state index in [-0.39, 0.29) is 12.5 Å². The first-order chi connectivity index (χ1) is 12.7. The number of hydrogen-bond acceptors (Lipinski definition) is 4. The van der Waals surface area contributed by atoms with Crippen molar-refractivity contribution in [2.45, 2.75) is 26.1 Å². The van der Waals surface area contributed by atoms with Crippen LogP contribution in [0.4, 0.5) is 5.69 Å². The number of benzene rings is 2. The third-order valence-corrected chi connectivity index (χ3v) is 4.19. The van der Waals surface area contributed by atoms with Gasteiger partial charge < -0.3 is 19.5 Å². The molecular formula is C21H25NO4. The van der Waals surface area contributed by atoms with Crippen LogP contribution >= 0.6 is 0 Å². The fourth-order valence-corrected chi connectivity index (χ4v) is 2.55. The highest BCUT2D eigenvalue weighted by molar-refractivity contribution is 5.91. The van der Waals surface area contributed by atoms with Crippen LogP contribution in [0.15, 0.2) is 48.5 Å². The normalized spacial score (nSPS) is 13.4. The number of nitrogens with one attached hydrogen (secondary N) is 1. The highest BCUT2D eigenvalue weighted by Gasteiger charge is 2.21. The minimum Gasteiger partial charge on any atom is -0.497 e. The van der Waals surface area contributed by atoms with Crippen molar-refractivity contribution in [3.63, 3.8) is 0 Å². The molecule has 0 bridgehead atoms. The number of amides is 1. The Bertz CT molecular complexity index is 710. The zero-order valence-electron chi connectivity index (χ0n) is 15.1. The van der Waals surface area contributed by atoms with E-state index >= 15 is 0 Å². The molecule has 5 heteroatoms. The average Bonchev–Trinajstić information content (AvgIpc) is 3.47. The zero-order chi connectivity index (χ0) is 18.2. The van der Waals surface area contributed by atoms with Crippen molar-refractivity contribution in [3.05, 3.63) is 59.7 Å².